The standard InChI is InChI=1S/C16H20N4O.2C2HF3O2/c1-12-3-4-15(21-12)11-19-7-13-9-20(10-14(13)8-19)16-17-5-2-6-18-16;2*3-2(4,5)1(6)7/h2-6,13-14H,7-11H2,1H3;2*(H,6,7). The fraction of sp³-hybridized carbons (Fsp3) is 0.500. The molecule has 0 bridgehead atoms. The van der Waals surface area contributed by atoms with Crippen LogP contribution in [0.25, 0.3) is 0 Å². The summed E-state index contributed by atoms with van der Waals surface area (Å²) in [7, 11) is 0. The highest BCUT2D eigenvalue weighted by Gasteiger charge is 2.41. The second-order valence-corrected chi connectivity index (χ2v) is 7.79. The number of carbonyl (C=O) groups is 2. The van der Waals surface area contributed by atoms with Gasteiger partial charge in [0.2, 0.25) is 5.95 Å². The Morgan fingerprint density at radius 1 is 0.943 bits per heavy atom. The molecule has 0 aliphatic carbocycles. The van der Waals surface area contributed by atoms with Crippen LogP contribution in [0.2, 0.25) is 0 Å². The predicted molar refractivity (Wildman–Crippen MR) is 107 cm³/mol. The Morgan fingerprint density at radius 3 is 1.77 bits per heavy atom. The lowest BCUT2D eigenvalue weighted by Gasteiger charge is -2.20. The zero-order valence-corrected chi connectivity index (χ0v) is 18.3. The Labute approximate surface area is 195 Å². The average molecular weight is 512 g/mol. The van der Waals surface area contributed by atoms with E-state index in [1.165, 1.54) is 0 Å². The number of aromatic nitrogens is 2. The van der Waals surface area contributed by atoms with Gasteiger partial charge in [0.05, 0.1) is 6.54 Å². The van der Waals surface area contributed by atoms with E-state index in [9.17, 15) is 26.3 Å². The molecule has 2 unspecified atom stereocenters. The molecular formula is C20H22F6N4O5. The molecule has 2 saturated heterocycles. The molecule has 2 aliphatic rings. The SMILES string of the molecule is Cc1ccc(CN2CC3CN(c4ncccn4)CC3C2)o1.O=C(O)C(F)(F)F.O=C(O)C(F)(F)F. The highest BCUT2D eigenvalue weighted by molar-refractivity contribution is 5.73. The van der Waals surface area contributed by atoms with E-state index < -0.39 is 24.3 Å². The summed E-state index contributed by atoms with van der Waals surface area (Å²) in [6.45, 7) is 7.37. The van der Waals surface area contributed by atoms with Gasteiger partial charge in [-0.15, -0.1) is 0 Å². The number of anilines is 1. The summed E-state index contributed by atoms with van der Waals surface area (Å²) in [4.78, 5) is 31.4. The van der Waals surface area contributed by atoms with Crippen molar-refractivity contribution in [2.75, 3.05) is 31.1 Å². The minimum Gasteiger partial charge on any atom is -0.475 e. The number of nitrogens with zero attached hydrogens (tertiary/aromatic N) is 4. The van der Waals surface area contributed by atoms with Gasteiger partial charge in [0.25, 0.3) is 0 Å². The molecule has 2 aromatic heterocycles. The summed E-state index contributed by atoms with van der Waals surface area (Å²) in [5, 5.41) is 14.2. The predicted octanol–water partition coefficient (Wildman–Crippen LogP) is 3.21. The molecule has 0 saturated carbocycles. The number of carboxylic acids is 2. The third-order valence-electron chi connectivity index (χ3n) is 5.06. The maximum absolute atomic E-state index is 10.6. The first-order chi connectivity index (χ1) is 16.2. The lowest BCUT2D eigenvalue weighted by atomic mass is 10.0. The van der Waals surface area contributed by atoms with E-state index in [4.69, 9.17) is 24.2 Å². The van der Waals surface area contributed by atoms with Crippen LogP contribution in [-0.4, -0.2) is 75.6 Å². The monoisotopic (exact) mass is 512 g/mol. The van der Waals surface area contributed by atoms with Crippen LogP contribution in [0.15, 0.2) is 35.0 Å². The van der Waals surface area contributed by atoms with Crippen LogP contribution in [0.4, 0.5) is 32.3 Å². The van der Waals surface area contributed by atoms with E-state index in [-0.39, 0.29) is 0 Å². The van der Waals surface area contributed by atoms with Gasteiger partial charge in [0.15, 0.2) is 0 Å². The zero-order valence-electron chi connectivity index (χ0n) is 18.3. The molecule has 0 amide bonds. The van der Waals surface area contributed by atoms with Crippen molar-refractivity contribution in [3.63, 3.8) is 0 Å². The zero-order chi connectivity index (χ0) is 26.4. The van der Waals surface area contributed by atoms with Crippen LogP contribution in [0.3, 0.4) is 0 Å². The number of aryl methyl sites for hydroxylation is 1. The summed E-state index contributed by atoms with van der Waals surface area (Å²) in [5.41, 5.74) is 0. The van der Waals surface area contributed by atoms with E-state index >= 15 is 0 Å². The maximum Gasteiger partial charge on any atom is 0.490 e. The summed E-state index contributed by atoms with van der Waals surface area (Å²) in [6, 6.07) is 6.00. The van der Waals surface area contributed by atoms with Crippen molar-refractivity contribution >= 4 is 17.9 Å². The summed E-state index contributed by atoms with van der Waals surface area (Å²) < 4.78 is 69.2. The molecule has 194 valence electrons. The minimum atomic E-state index is -5.08. The van der Waals surface area contributed by atoms with Crippen molar-refractivity contribution in [3.8, 4) is 0 Å². The van der Waals surface area contributed by atoms with Crippen LogP contribution < -0.4 is 4.90 Å². The first kappa shape index (κ1) is 27.9. The summed E-state index contributed by atoms with van der Waals surface area (Å²) in [5.74, 6) is -1.11. The van der Waals surface area contributed by atoms with Gasteiger partial charge in [0, 0.05) is 38.6 Å². The molecule has 4 heterocycles. The smallest absolute Gasteiger partial charge is 0.475 e. The Bertz CT molecular complexity index is 944. The first-order valence-corrected chi connectivity index (χ1v) is 10.1. The first-order valence-electron chi connectivity index (χ1n) is 10.1. The Kier molecular flexibility index (Phi) is 9.06. The maximum atomic E-state index is 10.6. The lowest BCUT2D eigenvalue weighted by molar-refractivity contribution is -0.193. The van der Waals surface area contributed by atoms with E-state index in [1.807, 2.05) is 31.5 Å². The topological polar surface area (TPSA) is 120 Å². The van der Waals surface area contributed by atoms with E-state index in [0.29, 0.717) is 0 Å². The van der Waals surface area contributed by atoms with Crippen LogP contribution in [-0.2, 0) is 16.1 Å². The molecule has 0 radical (unpaired) electrons. The molecule has 2 aliphatic heterocycles. The van der Waals surface area contributed by atoms with Crippen molar-refractivity contribution in [2.45, 2.75) is 25.8 Å². The Balaban J connectivity index is 0.000000257. The summed E-state index contributed by atoms with van der Waals surface area (Å²) >= 11 is 0. The van der Waals surface area contributed by atoms with Crippen LogP contribution in [0.1, 0.15) is 11.5 Å². The van der Waals surface area contributed by atoms with E-state index in [0.717, 1.165) is 62.0 Å². The molecular weight excluding hydrogens is 490 g/mol. The number of fused-ring (bicyclic) bond motifs is 1. The van der Waals surface area contributed by atoms with Gasteiger partial charge in [-0.2, -0.15) is 26.3 Å². The molecule has 0 aromatic carbocycles. The number of rotatable bonds is 3. The lowest BCUT2D eigenvalue weighted by Crippen LogP contribution is -2.29. The largest absolute Gasteiger partial charge is 0.490 e. The molecule has 35 heavy (non-hydrogen) atoms. The summed E-state index contributed by atoms with van der Waals surface area (Å²) in [6.07, 6.45) is -6.52. The van der Waals surface area contributed by atoms with Crippen molar-refractivity contribution in [2.24, 2.45) is 11.8 Å². The number of furan rings is 1. The molecule has 2 N–H and O–H groups in total. The van der Waals surface area contributed by atoms with Gasteiger partial charge in [-0.25, -0.2) is 19.6 Å². The molecule has 4 rings (SSSR count). The third kappa shape index (κ3) is 8.73. The molecule has 9 nitrogen and oxygen atoms in total. The fourth-order valence-corrected chi connectivity index (χ4v) is 3.63. The molecule has 15 heteroatoms. The number of aliphatic carboxylic acids is 2. The number of hydrogen-bond donors (Lipinski definition) is 2. The second kappa shape index (κ2) is 11.4. The minimum absolute atomic E-state index is 0.727. The van der Waals surface area contributed by atoms with Gasteiger partial charge in [-0.3, -0.25) is 4.90 Å². The van der Waals surface area contributed by atoms with E-state index in [2.05, 4.69) is 25.8 Å². The average Bonchev–Trinajstić information content (AvgIpc) is 3.43. The molecule has 2 aromatic rings. The van der Waals surface area contributed by atoms with Crippen molar-refractivity contribution in [3.05, 3.63) is 42.1 Å². The molecule has 0 spiro atoms. The van der Waals surface area contributed by atoms with Crippen molar-refractivity contribution in [1.29, 1.82) is 0 Å². The Morgan fingerprint density at radius 2 is 1.40 bits per heavy atom. The van der Waals surface area contributed by atoms with Gasteiger partial charge in [0.1, 0.15) is 11.5 Å². The van der Waals surface area contributed by atoms with Crippen LogP contribution in [0.5, 0.6) is 0 Å². The quantitative estimate of drug-likeness (QED) is 0.598. The van der Waals surface area contributed by atoms with Crippen LogP contribution >= 0.6 is 0 Å². The van der Waals surface area contributed by atoms with Crippen LogP contribution in [0, 0.1) is 18.8 Å². The molecule has 2 atom stereocenters. The number of likely N-dealkylation sites (tertiary alicyclic amines) is 1. The van der Waals surface area contributed by atoms with Gasteiger partial charge in [-0.1, -0.05) is 0 Å². The normalized spacial score (nSPS) is 19.8. The van der Waals surface area contributed by atoms with Crippen molar-refractivity contribution in [1.82, 2.24) is 14.9 Å². The second-order valence-electron chi connectivity index (χ2n) is 7.79. The highest BCUT2D eigenvalue weighted by atomic mass is 19.4. The fourth-order valence-electron chi connectivity index (χ4n) is 3.63. The van der Waals surface area contributed by atoms with Gasteiger partial charge in [-0.05, 0) is 37.0 Å². The number of carboxylic acid groups (broad SMARTS) is 2. The number of alkyl halides is 6. The van der Waals surface area contributed by atoms with Gasteiger partial charge < -0.3 is 19.5 Å². The van der Waals surface area contributed by atoms with Crippen molar-refractivity contribution < 1.29 is 50.6 Å². The molecule has 2 fully saturated rings. The Hall–Kier alpha value is -3.36. The highest BCUT2D eigenvalue weighted by Crippen LogP contribution is 2.33. The third-order valence-corrected chi connectivity index (χ3v) is 5.06. The number of hydrogen-bond acceptors (Lipinski definition) is 7. The van der Waals surface area contributed by atoms with Gasteiger partial charge >= 0.3 is 24.3 Å². The van der Waals surface area contributed by atoms with E-state index in [1.54, 1.807) is 0 Å². The number of halogens is 6.